The number of nitrogens with one attached hydrogen (secondary N) is 3. The number of hydrogen-bond donors (Lipinski definition) is 7. The largest absolute Gasteiger partial charge is 0.508 e. The molecule has 0 heterocycles. The SMILES string of the molecule is CCC(C)C(NC(=O)C(N)Cc1ccc(O)cc1)C(=O)NC(CO)C(=O)NC(CCSC)C(=O)O. The van der Waals surface area contributed by atoms with Crippen LogP contribution in [-0.2, 0) is 25.6 Å². The summed E-state index contributed by atoms with van der Waals surface area (Å²) in [6.45, 7) is 2.81. The quantitative estimate of drug-likeness (QED) is 0.164. The highest BCUT2D eigenvalue weighted by atomic mass is 32.2. The number of carbonyl (C=O) groups is 4. The van der Waals surface area contributed by atoms with Crippen LogP contribution in [0.3, 0.4) is 0 Å². The van der Waals surface area contributed by atoms with E-state index >= 15 is 0 Å². The molecule has 0 saturated carbocycles. The Labute approximate surface area is 209 Å². The van der Waals surface area contributed by atoms with Gasteiger partial charge in [-0.2, -0.15) is 11.8 Å². The van der Waals surface area contributed by atoms with Gasteiger partial charge in [0, 0.05) is 0 Å². The van der Waals surface area contributed by atoms with E-state index in [0.29, 0.717) is 12.2 Å². The molecule has 5 unspecified atom stereocenters. The lowest BCUT2D eigenvalue weighted by Crippen LogP contribution is -2.59. The van der Waals surface area contributed by atoms with E-state index < -0.39 is 54.5 Å². The van der Waals surface area contributed by atoms with Crippen LogP contribution in [0.4, 0.5) is 0 Å². The van der Waals surface area contributed by atoms with Crippen LogP contribution in [0.1, 0.15) is 32.3 Å². The summed E-state index contributed by atoms with van der Waals surface area (Å²) in [5.74, 6) is -3.08. The highest BCUT2D eigenvalue weighted by molar-refractivity contribution is 7.98. The fraction of sp³-hybridized carbons (Fsp3) is 0.565. The second-order valence-electron chi connectivity index (χ2n) is 8.27. The third-order valence-corrected chi connectivity index (χ3v) is 6.21. The van der Waals surface area contributed by atoms with Gasteiger partial charge in [-0.1, -0.05) is 32.4 Å². The number of aliphatic carboxylic acids is 1. The van der Waals surface area contributed by atoms with E-state index in [0.717, 1.165) is 5.56 Å². The number of rotatable bonds is 15. The van der Waals surface area contributed by atoms with Gasteiger partial charge in [0.05, 0.1) is 12.6 Å². The van der Waals surface area contributed by atoms with Crippen molar-refractivity contribution in [2.45, 2.75) is 57.3 Å². The second kappa shape index (κ2) is 15.2. The van der Waals surface area contributed by atoms with Crippen molar-refractivity contribution < 1.29 is 34.5 Å². The number of phenols is 1. The van der Waals surface area contributed by atoms with Crippen molar-refractivity contribution in [3.8, 4) is 5.75 Å². The van der Waals surface area contributed by atoms with Crippen molar-refractivity contribution >= 4 is 35.5 Å². The predicted octanol–water partition coefficient (Wildman–Crippen LogP) is -0.407. The molecule has 0 aromatic heterocycles. The summed E-state index contributed by atoms with van der Waals surface area (Å²) in [6, 6.07) is 1.66. The number of hydrogen-bond acceptors (Lipinski definition) is 8. The highest BCUT2D eigenvalue weighted by Gasteiger charge is 2.32. The third-order valence-electron chi connectivity index (χ3n) is 5.56. The van der Waals surface area contributed by atoms with Crippen LogP contribution in [0.5, 0.6) is 5.75 Å². The summed E-state index contributed by atoms with van der Waals surface area (Å²) < 4.78 is 0. The number of carboxylic acid groups (broad SMARTS) is 1. The van der Waals surface area contributed by atoms with Gasteiger partial charge in [-0.25, -0.2) is 4.79 Å². The fourth-order valence-corrected chi connectivity index (χ4v) is 3.63. The van der Waals surface area contributed by atoms with Crippen molar-refractivity contribution in [1.29, 1.82) is 0 Å². The Morgan fingerprint density at radius 2 is 1.60 bits per heavy atom. The molecule has 0 aliphatic carbocycles. The van der Waals surface area contributed by atoms with E-state index in [1.165, 1.54) is 23.9 Å². The molecular weight excluding hydrogens is 476 g/mol. The minimum atomic E-state index is -1.40. The molecule has 1 aromatic carbocycles. The van der Waals surface area contributed by atoms with E-state index in [-0.39, 0.29) is 24.5 Å². The Morgan fingerprint density at radius 1 is 1.00 bits per heavy atom. The van der Waals surface area contributed by atoms with Crippen LogP contribution in [0.15, 0.2) is 24.3 Å². The molecule has 0 aliphatic rings. The Bertz CT molecular complexity index is 853. The standard InChI is InChI=1S/C23H36N4O7S/c1-4-13(2)19(27-20(30)16(24)11-14-5-7-15(29)8-6-14)22(32)26-18(12-28)21(31)25-17(23(33)34)9-10-35-3/h5-8,13,16-19,28-29H,4,9-12,24H2,1-3H3,(H,25,31)(H,26,32)(H,27,30)(H,33,34). The van der Waals surface area contributed by atoms with E-state index in [1.54, 1.807) is 25.3 Å². The summed E-state index contributed by atoms with van der Waals surface area (Å²) in [7, 11) is 0. The summed E-state index contributed by atoms with van der Waals surface area (Å²) in [6.07, 6.45) is 2.68. The van der Waals surface area contributed by atoms with Crippen LogP contribution in [0.2, 0.25) is 0 Å². The van der Waals surface area contributed by atoms with E-state index in [9.17, 15) is 34.5 Å². The fourth-order valence-electron chi connectivity index (χ4n) is 3.16. The first-order valence-corrected chi connectivity index (χ1v) is 12.7. The molecular formula is C23H36N4O7S. The summed E-state index contributed by atoms with van der Waals surface area (Å²) >= 11 is 1.42. The summed E-state index contributed by atoms with van der Waals surface area (Å²) in [5.41, 5.74) is 6.73. The van der Waals surface area contributed by atoms with E-state index in [4.69, 9.17) is 5.73 Å². The molecule has 0 radical (unpaired) electrons. The van der Waals surface area contributed by atoms with Crippen LogP contribution in [0, 0.1) is 5.92 Å². The van der Waals surface area contributed by atoms with Crippen LogP contribution in [0.25, 0.3) is 0 Å². The number of phenolic OH excluding ortho intramolecular Hbond substituents is 1. The number of benzene rings is 1. The van der Waals surface area contributed by atoms with E-state index in [1.807, 2.05) is 6.92 Å². The lowest BCUT2D eigenvalue weighted by atomic mass is 9.97. The number of amides is 3. The number of thioether (sulfide) groups is 1. The van der Waals surface area contributed by atoms with Crippen molar-refractivity contribution in [3.05, 3.63) is 29.8 Å². The number of aliphatic hydroxyl groups excluding tert-OH is 1. The zero-order valence-corrected chi connectivity index (χ0v) is 21.0. The molecule has 3 amide bonds. The summed E-state index contributed by atoms with van der Waals surface area (Å²) in [4.78, 5) is 49.6. The molecule has 35 heavy (non-hydrogen) atoms. The van der Waals surface area contributed by atoms with E-state index in [2.05, 4.69) is 16.0 Å². The third kappa shape index (κ3) is 10.1. The maximum Gasteiger partial charge on any atom is 0.326 e. The minimum absolute atomic E-state index is 0.0849. The van der Waals surface area contributed by atoms with Crippen LogP contribution < -0.4 is 21.7 Å². The zero-order valence-electron chi connectivity index (χ0n) is 20.2. The van der Waals surface area contributed by atoms with Crippen molar-refractivity contribution in [2.75, 3.05) is 18.6 Å². The molecule has 0 fully saturated rings. The first-order valence-electron chi connectivity index (χ1n) is 11.3. The van der Waals surface area contributed by atoms with Gasteiger partial charge in [0.25, 0.3) is 0 Å². The Kier molecular flexibility index (Phi) is 13.1. The van der Waals surface area contributed by atoms with Crippen molar-refractivity contribution in [3.63, 3.8) is 0 Å². The van der Waals surface area contributed by atoms with Gasteiger partial charge < -0.3 is 37.0 Å². The maximum absolute atomic E-state index is 13.0. The average Bonchev–Trinajstić information content (AvgIpc) is 2.83. The molecule has 0 bridgehead atoms. The zero-order chi connectivity index (χ0) is 26.5. The molecule has 0 saturated heterocycles. The Morgan fingerprint density at radius 3 is 2.11 bits per heavy atom. The first-order chi connectivity index (χ1) is 16.5. The average molecular weight is 513 g/mol. The van der Waals surface area contributed by atoms with Gasteiger partial charge in [-0.05, 0) is 48.5 Å². The number of nitrogens with two attached hydrogens (primary N) is 1. The second-order valence-corrected chi connectivity index (χ2v) is 9.26. The molecule has 1 aromatic rings. The Hall–Kier alpha value is -2.83. The van der Waals surface area contributed by atoms with Gasteiger partial charge in [-0.3, -0.25) is 14.4 Å². The molecule has 12 heteroatoms. The first kappa shape index (κ1) is 30.2. The minimum Gasteiger partial charge on any atom is -0.508 e. The molecule has 8 N–H and O–H groups in total. The molecule has 1 rings (SSSR count). The van der Waals surface area contributed by atoms with Crippen LogP contribution in [-0.4, -0.2) is 81.8 Å². The normalized spacial score (nSPS) is 15.2. The van der Waals surface area contributed by atoms with Crippen molar-refractivity contribution in [1.82, 2.24) is 16.0 Å². The topological polar surface area (TPSA) is 191 Å². The molecule has 11 nitrogen and oxygen atoms in total. The summed E-state index contributed by atoms with van der Waals surface area (Å²) in [5, 5.41) is 35.7. The van der Waals surface area contributed by atoms with Gasteiger partial charge in [-0.15, -0.1) is 0 Å². The van der Waals surface area contributed by atoms with Gasteiger partial charge in [0.2, 0.25) is 17.7 Å². The van der Waals surface area contributed by atoms with Crippen LogP contribution >= 0.6 is 11.8 Å². The lowest BCUT2D eigenvalue weighted by molar-refractivity contribution is -0.142. The predicted molar refractivity (Wildman–Crippen MR) is 133 cm³/mol. The van der Waals surface area contributed by atoms with Gasteiger partial charge in [0.1, 0.15) is 23.9 Å². The molecule has 0 aliphatic heterocycles. The number of aliphatic hydroxyl groups is 1. The number of carbonyl (C=O) groups excluding carboxylic acids is 3. The maximum atomic E-state index is 13.0. The molecule has 196 valence electrons. The Balaban J connectivity index is 2.85. The molecule has 5 atom stereocenters. The van der Waals surface area contributed by atoms with Gasteiger partial charge in [0.15, 0.2) is 0 Å². The highest BCUT2D eigenvalue weighted by Crippen LogP contribution is 2.12. The number of carboxylic acids is 1. The monoisotopic (exact) mass is 512 g/mol. The van der Waals surface area contributed by atoms with Crippen molar-refractivity contribution in [2.24, 2.45) is 11.7 Å². The van der Waals surface area contributed by atoms with Gasteiger partial charge >= 0.3 is 5.97 Å². The number of aromatic hydroxyl groups is 1. The molecule has 0 spiro atoms. The lowest BCUT2D eigenvalue weighted by Gasteiger charge is -2.27. The smallest absolute Gasteiger partial charge is 0.326 e.